The molecule has 0 heterocycles. The van der Waals surface area contributed by atoms with E-state index in [0.717, 1.165) is 0 Å². The van der Waals surface area contributed by atoms with Gasteiger partial charge in [0.1, 0.15) is 0 Å². The van der Waals surface area contributed by atoms with Crippen molar-refractivity contribution in [3.05, 3.63) is 11.8 Å². The van der Waals surface area contributed by atoms with Gasteiger partial charge in [-0.05, 0) is 13.0 Å². The largest absolute Gasteiger partial charge is 0.502 e. The molecule has 0 aliphatic carbocycles. The summed E-state index contributed by atoms with van der Waals surface area (Å²) in [5.74, 6) is 0.884. The Morgan fingerprint density at radius 2 is 2.50 bits per heavy atom. The highest BCUT2D eigenvalue weighted by Gasteiger charge is 2.04. The SMILES string of the molecule is C#CCOC(=O)C(O)=CC. The Hall–Kier alpha value is -1.43. The van der Waals surface area contributed by atoms with Crippen LogP contribution in [-0.4, -0.2) is 17.7 Å². The van der Waals surface area contributed by atoms with Crippen LogP contribution in [0.1, 0.15) is 6.92 Å². The average Bonchev–Trinajstić information content (AvgIpc) is 1.98. The Kier molecular flexibility index (Phi) is 3.81. The van der Waals surface area contributed by atoms with Crippen LogP contribution in [0.2, 0.25) is 0 Å². The summed E-state index contributed by atoms with van der Waals surface area (Å²) in [5, 5.41) is 8.67. The minimum Gasteiger partial charge on any atom is -0.502 e. The van der Waals surface area contributed by atoms with Gasteiger partial charge in [-0.25, -0.2) is 4.79 Å². The lowest BCUT2D eigenvalue weighted by molar-refractivity contribution is -0.140. The van der Waals surface area contributed by atoms with Crippen LogP contribution < -0.4 is 0 Å². The summed E-state index contributed by atoms with van der Waals surface area (Å²) in [6, 6.07) is 0. The number of terminal acetylenes is 1. The topological polar surface area (TPSA) is 46.5 Å². The van der Waals surface area contributed by atoms with Crippen molar-refractivity contribution in [3.63, 3.8) is 0 Å². The van der Waals surface area contributed by atoms with Crippen molar-refractivity contribution in [2.45, 2.75) is 6.92 Å². The van der Waals surface area contributed by atoms with Crippen LogP contribution in [0.4, 0.5) is 0 Å². The molecule has 0 saturated carbocycles. The van der Waals surface area contributed by atoms with Crippen LogP contribution in [0.3, 0.4) is 0 Å². The van der Waals surface area contributed by atoms with E-state index in [2.05, 4.69) is 10.7 Å². The van der Waals surface area contributed by atoms with Gasteiger partial charge in [0, 0.05) is 0 Å². The molecule has 0 aromatic carbocycles. The first kappa shape index (κ1) is 8.57. The predicted octanol–water partition coefficient (Wildman–Crippen LogP) is 0.625. The number of carbonyl (C=O) groups is 1. The molecule has 0 bridgehead atoms. The number of hydrogen-bond acceptors (Lipinski definition) is 3. The van der Waals surface area contributed by atoms with E-state index < -0.39 is 11.7 Å². The molecule has 0 aromatic rings. The van der Waals surface area contributed by atoms with Crippen LogP contribution in [0, 0.1) is 12.3 Å². The number of hydrogen-bond donors (Lipinski definition) is 1. The Morgan fingerprint density at radius 1 is 1.90 bits per heavy atom. The van der Waals surface area contributed by atoms with E-state index in [1.165, 1.54) is 13.0 Å². The van der Waals surface area contributed by atoms with Gasteiger partial charge in [-0.15, -0.1) is 6.42 Å². The van der Waals surface area contributed by atoms with Gasteiger partial charge in [-0.3, -0.25) is 0 Å². The standard InChI is InChI=1S/C7H8O3/c1-3-5-10-7(9)6(8)4-2/h1,4,8H,5H2,2H3. The van der Waals surface area contributed by atoms with Gasteiger partial charge in [-0.2, -0.15) is 0 Å². The fourth-order valence-electron chi connectivity index (χ4n) is 0.299. The molecular weight excluding hydrogens is 132 g/mol. The van der Waals surface area contributed by atoms with Crippen LogP contribution in [0.15, 0.2) is 11.8 Å². The number of rotatable bonds is 2. The van der Waals surface area contributed by atoms with E-state index in [9.17, 15) is 4.79 Å². The molecule has 10 heavy (non-hydrogen) atoms. The number of esters is 1. The van der Waals surface area contributed by atoms with Crippen LogP contribution >= 0.6 is 0 Å². The van der Waals surface area contributed by atoms with Crippen molar-refractivity contribution in [2.24, 2.45) is 0 Å². The number of allylic oxidation sites excluding steroid dienone is 1. The molecular formula is C7H8O3. The molecule has 0 amide bonds. The fraction of sp³-hybridized carbons (Fsp3) is 0.286. The molecule has 0 spiro atoms. The zero-order valence-corrected chi connectivity index (χ0v) is 5.63. The van der Waals surface area contributed by atoms with Crippen molar-refractivity contribution in [1.29, 1.82) is 0 Å². The van der Waals surface area contributed by atoms with E-state index in [-0.39, 0.29) is 6.61 Å². The third-order valence-electron chi connectivity index (χ3n) is 0.769. The third-order valence-corrected chi connectivity index (χ3v) is 0.769. The van der Waals surface area contributed by atoms with Crippen LogP contribution in [0.5, 0.6) is 0 Å². The molecule has 0 atom stereocenters. The molecule has 0 fully saturated rings. The Balaban J connectivity index is 3.77. The van der Waals surface area contributed by atoms with Crippen molar-refractivity contribution in [3.8, 4) is 12.3 Å². The van der Waals surface area contributed by atoms with Gasteiger partial charge in [-0.1, -0.05) is 5.92 Å². The summed E-state index contributed by atoms with van der Waals surface area (Å²) in [4.78, 5) is 10.5. The first-order valence-electron chi connectivity index (χ1n) is 2.68. The maximum absolute atomic E-state index is 10.5. The summed E-state index contributed by atoms with van der Waals surface area (Å²) in [5.41, 5.74) is 0. The summed E-state index contributed by atoms with van der Waals surface area (Å²) in [6.45, 7) is 1.41. The lowest BCUT2D eigenvalue weighted by Gasteiger charge is -1.96. The average molecular weight is 140 g/mol. The second-order valence-electron chi connectivity index (χ2n) is 1.45. The first-order chi connectivity index (χ1) is 4.72. The molecule has 54 valence electrons. The van der Waals surface area contributed by atoms with Crippen molar-refractivity contribution in [1.82, 2.24) is 0 Å². The van der Waals surface area contributed by atoms with E-state index in [1.54, 1.807) is 0 Å². The van der Waals surface area contributed by atoms with E-state index in [0.29, 0.717) is 0 Å². The molecule has 0 radical (unpaired) electrons. The van der Waals surface area contributed by atoms with Gasteiger partial charge < -0.3 is 9.84 Å². The third kappa shape index (κ3) is 2.78. The smallest absolute Gasteiger partial charge is 0.373 e. The Bertz CT molecular complexity index is 186. The number of carbonyl (C=O) groups excluding carboxylic acids is 1. The van der Waals surface area contributed by atoms with E-state index >= 15 is 0 Å². The maximum atomic E-state index is 10.5. The normalized spacial score (nSPS) is 10.2. The number of aliphatic hydroxyl groups is 1. The van der Waals surface area contributed by atoms with Crippen molar-refractivity contribution < 1.29 is 14.6 Å². The predicted molar refractivity (Wildman–Crippen MR) is 36.2 cm³/mol. The molecule has 0 saturated heterocycles. The molecule has 3 nitrogen and oxygen atoms in total. The minimum absolute atomic E-state index is 0.114. The van der Waals surface area contributed by atoms with Crippen LogP contribution in [0.25, 0.3) is 0 Å². The zero-order valence-electron chi connectivity index (χ0n) is 5.63. The highest BCUT2D eigenvalue weighted by atomic mass is 16.5. The van der Waals surface area contributed by atoms with Crippen molar-refractivity contribution >= 4 is 5.97 Å². The quantitative estimate of drug-likeness (QED) is 0.265. The Morgan fingerprint density at radius 3 is 2.90 bits per heavy atom. The molecule has 0 aliphatic heterocycles. The molecule has 0 aliphatic rings. The van der Waals surface area contributed by atoms with Gasteiger partial charge in [0.15, 0.2) is 12.4 Å². The lowest BCUT2D eigenvalue weighted by atomic mass is 10.5. The summed E-state index contributed by atoms with van der Waals surface area (Å²) in [6.07, 6.45) is 6.03. The fourth-order valence-corrected chi connectivity index (χ4v) is 0.299. The number of aliphatic hydroxyl groups excluding tert-OH is 1. The number of ether oxygens (including phenoxy) is 1. The highest BCUT2D eigenvalue weighted by Crippen LogP contribution is 1.90. The highest BCUT2D eigenvalue weighted by molar-refractivity contribution is 5.85. The molecule has 3 heteroatoms. The summed E-state index contributed by atoms with van der Waals surface area (Å²) in [7, 11) is 0. The van der Waals surface area contributed by atoms with Gasteiger partial charge in [0.2, 0.25) is 0 Å². The molecule has 0 aromatic heterocycles. The van der Waals surface area contributed by atoms with E-state index in [4.69, 9.17) is 11.5 Å². The second-order valence-corrected chi connectivity index (χ2v) is 1.45. The van der Waals surface area contributed by atoms with Crippen molar-refractivity contribution in [2.75, 3.05) is 6.61 Å². The zero-order chi connectivity index (χ0) is 7.98. The minimum atomic E-state index is -0.791. The summed E-state index contributed by atoms with van der Waals surface area (Å²) < 4.78 is 4.35. The van der Waals surface area contributed by atoms with Gasteiger partial charge in [0.25, 0.3) is 0 Å². The summed E-state index contributed by atoms with van der Waals surface area (Å²) >= 11 is 0. The molecule has 0 unspecified atom stereocenters. The van der Waals surface area contributed by atoms with Crippen LogP contribution in [-0.2, 0) is 9.53 Å². The molecule has 1 N–H and O–H groups in total. The first-order valence-corrected chi connectivity index (χ1v) is 2.68. The molecule has 0 rings (SSSR count). The van der Waals surface area contributed by atoms with Gasteiger partial charge in [0.05, 0.1) is 0 Å². The van der Waals surface area contributed by atoms with Gasteiger partial charge >= 0.3 is 5.97 Å². The monoisotopic (exact) mass is 140 g/mol. The Labute approximate surface area is 59.3 Å². The van der Waals surface area contributed by atoms with E-state index in [1.807, 2.05) is 0 Å². The second kappa shape index (κ2) is 4.45. The lowest BCUT2D eigenvalue weighted by Crippen LogP contribution is -2.07. The maximum Gasteiger partial charge on any atom is 0.373 e.